The lowest BCUT2D eigenvalue weighted by Crippen LogP contribution is -2.52. The number of rotatable bonds is 4. The number of carbonyl (C=O) groups excluding carboxylic acids is 1. The molecule has 1 heterocycles. The van der Waals surface area contributed by atoms with Gasteiger partial charge in [0.15, 0.2) is 0 Å². The number of carbonyl (C=O) groups is 1. The van der Waals surface area contributed by atoms with E-state index in [1.165, 1.54) is 12.8 Å². The van der Waals surface area contributed by atoms with Crippen LogP contribution in [0.1, 0.15) is 46.0 Å². The van der Waals surface area contributed by atoms with Crippen molar-refractivity contribution in [2.75, 3.05) is 20.1 Å². The lowest BCUT2D eigenvalue weighted by atomic mass is 9.77. The fourth-order valence-corrected chi connectivity index (χ4v) is 3.06. The Morgan fingerprint density at radius 3 is 2.71 bits per heavy atom. The lowest BCUT2D eigenvalue weighted by molar-refractivity contribution is -0.144. The Kier molecular flexibility index (Phi) is 3.76. The molecule has 2 unspecified atom stereocenters. The maximum absolute atomic E-state index is 12.7. The summed E-state index contributed by atoms with van der Waals surface area (Å²) in [5.74, 6) is 1.13. The number of piperidine rings is 1. The minimum atomic E-state index is -0.129. The predicted octanol–water partition coefficient (Wildman–Crippen LogP) is 2.02. The first-order valence-electron chi connectivity index (χ1n) is 7.09. The van der Waals surface area contributed by atoms with Crippen LogP contribution in [0.5, 0.6) is 0 Å². The molecule has 1 saturated heterocycles. The van der Waals surface area contributed by atoms with E-state index in [0.29, 0.717) is 11.9 Å². The first-order valence-corrected chi connectivity index (χ1v) is 7.09. The molecular weight excluding hydrogens is 212 g/mol. The van der Waals surface area contributed by atoms with Crippen molar-refractivity contribution in [3.05, 3.63) is 0 Å². The summed E-state index contributed by atoms with van der Waals surface area (Å²) in [6.45, 7) is 6.29. The Morgan fingerprint density at radius 2 is 2.24 bits per heavy atom. The average molecular weight is 238 g/mol. The van der Waals surface area contributed by atoms with Crippen molar-refractivity contribution < 1.29 is 4.79 Å². The van der Waals surface area contributed by atoms with Crippen molar-refractivity contribution in [2.45, 2.75) is 52.0 Å². The van der Waals surface area contributed by atoms with Crippen molar-refractivity contribution in [3.63, 3.8) is 0 Å². The molecule has 2 rings (SSSR count). The van der Waals surface area contributed by atoms with Crippen LogP contribution in [0.3, 0.4) is 0 Å². The second-order valence-electron chi connectivity index (χ2n) is 5.91. The number of amides is 1. The molecule has 98 valence electrons. The van der Waals surface area contributed by atoms with Crippen LogP contribution in [0, 0.1) is 11.3 Å². The van der Waals surface area contributed by atoms with Crippen LogP contribution in [0.15, 0.2) is 0 Å². The molecule has 1 amide bonds. The molecule has 0 aromatic rings. The molecule has 2 aliphatic rings. The summed E-state index contributed by atoms with van der Waals surface area (Å²) < 4.78 is 0. The highest BCUT2D eigenvalue weighted by Crippen LogP contribution is 2.38. The van der Waals surface area contributed by atoms with Crippen LogP contribution >= 0.6 is 0 Å². The van der Waals surface area contributed by atoms with E-state index in [-0.39, 0.29) is 5.41 Å². The zero-order valence-corrected chi connectivity index (χ0v) is 11.5. The summed E-state index contributed by atoms with van der Waals surface area (Å²) in [5.41, 5.74) is -0.129. The maximum Gasteiger partial charge on any atom is 0.230 e. The monoisotopic (exact) mass is 238 g/mol. The Hall–Kier alpha value is -0.570. The minimum Gasteiger partial charge on any atom is -0.342 e. The van der Waals surface area contributed by atoms with E-state index in [2.05, 4.69) is 19.2 Å². The second-order valence-corrected chi connectivity index (χ2v) is 5.91. The van der Waals surface area contributed by atoms with Crippen LogP contribution < -0.4 is 5.32 Å². The van der Waals surface area contributed by atoms with Gasteiger partial charge in [0, 0.05) is 19.6 Å². The Morgan fingerprint density at radius 1 is 1.53 bits per heavy atom. The van der Waals surface area contributed by atoms with E-state index in [9.17, 15) is 4.79 Å². The van der Waals surface area contributed by atoms with E-state index >= 15 is 0 Å². The lowest BCUT2D eigenvalue weighted by Gasteiger charge is -2.40. The third-order valence-electron chi connectivity index (χ3n) is 4.84. The first kappa shape index (κ1) is 12.9. The maximum atomic E-state index is 12.7. The largest absolute Gasteiger partial charge is 0.342 e. The molecule has 0 radical (unpaired) electrons. The second kappa shape index (κ2) is 4.97. The number of nitrogens with zero attached hydrogens (tertiary/aromatic N) is 1. The van der Waals surface area contributed by atoms with Gasteiger partial charge in [-0.3, -0.25) is 4.79 Å². The van der Waals surface area contributed by atoms with Crippen LogP contribution in [0.4, 0.5) is 0 Å². The van der Waals surface area contributed by atoms with E-state index < -0.39 is 0 Å². The van der Waals surface area contributed by atoms with E-state index in [1.807, 2.05) is 11.9 Å². The average Bonchev–Trinajstić information content (AvgIpc) is 3.21. The zero-order valence-electron chi connectivity index (χ0n) is 11.5. The Bertz CT molecular complexity index is 280. The van der Waals surface area contributed by atoms with Gasteiger partial charge in [-0.15, -0.1) is 0 Å². The summed E-state index contributed by atoms with van der Waals surface area (Å²) in [6.07, 6.45) is 5.75. The molecule has 0 spiro atoms. The zero-order chi connectivity index (χ0) is 12.5. The molecule has 0 bridgehead atoms. The molecule has 2 fully saturated rings. The van der Waals surface area contributed by atoms with Gasteiger partial charge in [-0.25, -0.2) is 0 Å². The highest BCUT2D eigenvalue weighted by Gasteiger charge is 2.42. The standard InChI is InChI=1S/C14H26N2O/c1-4-14(8-5-9-15-10-14)13(17)16(3)11(2)12-6-7-12/h11-12,15H,4-10H2,1-3H3. The van der Waals surface area contributed by atoms with Crippen molar-refractivity contribution in [2.24, 2.45) is 11.3 Å². The van der Waals surface area contributed by atoms with Crippen LogP contribution in [0.2, 0.25) is 0 Å². The number of hydrogen-bond acceptors (Lipinski definition) is 2. The van der Waals surface area contributed by atoms with Crippen molar-refractivity contribution in [1.82, 2.24) is 10.2 Å². The van der Waals surface area contributed by atoms with Gasteiger partial charge >= 0.3 is 0 Å². The fraction of sp³-hybridized carbons (Fsp3) is 0.929. The normalized spacial score (nSPS) is 31.0. The predicted molar refractivity (Wildman–Crippen MR) is 69.8 cm³/mol. The molecule has 1 N–H and O–H groups in total. The first-order chi connectivity index (χ1) is 8.10. The summed E-state index contributed by atoms with van der Waals surface area (Å²) in [4.78, 5) is 14.7. The molecule has 0 aromatic carbocycles. The highest BCUT2D eigenvalue weighted by atomic mass is 16.2. The van der Waals surface area contributed by atoms with Gasteiger partial charge in [-0.2, -0.15) is 0 Å². The highest BCUT2D eigenvalue weighted by molar-refractivity contribution is 5.83. The van der Waals surface area contributed by atoms with E-state index in [4.69, 9.17) is 0 Å². The third-order valence-corrected chi connectivity index (χ3v) is 4.84. The van der Waals surface area contributed by atoms with Crippen LogP contribution in [-0.2, 0) is 4.79 Å². The molecule has 0 aromatic heterocycles. The third kappa shape index (κ3) is 2.49. The van der Waals surface area contributed by atoms with Crippen molar-refractivity contribution in [3.8, 4) is 0 Å². The summed E-state index contributed by atoms with van der Waals surface area (Å²) >= 11 is 0. The molecule has 2 atom stereocenters. The minimum absolute atomic E-state index is 0.129. The fourth-order valence-electron chi connectivity index (χ4n) is 3.06. The van der Waals surface area contributed by atoms with Crippen LogP contribution in [-0.4, -0.2) is 37.0 Å². The van der Waals surface area contributed by atoms with Gasteiger partial charge in [-0.05, 0) is 51.5 Å². The van der Waals surface area contributed by atoms with Gasteiger partial charge in [0.1, 0.15) is 0 Å². The van der Waals surface area contributed by atoms with E-state index in [0.717, 1.165) is 38.3 Å². The smallest absolute Gasteiger partial charge is 0.230 e. The van der Waals surface area contributed by atoms with Crippen molar-refractivity contribution in [1.29, 1.82) is 0 Å². The molecule has 3 heteroatoms. The van der Waals surface area contributed by atoms with Gasteiger partial charge < -0.3 is 10.2 Å². The number of hydrogen-bond donors (Lipinski definition) is 1. The summed E-state index contributed by atoms with van der Waals surface area (Å²) in [6, 6.07) is 0.424. The van der Waals surface area contributed by atoms with E-state index in [1.54, 1.807) is 0 Å². The molecule has 1 saturated carbocycles. The summed E-state index contributed by atoms with van der Waals surface area (Å²) in [7, 11) is 2.00. The molecule has 3 nitrogen and oxygen atoms in total. The Labute approximate surface area is 105 Å². The van der Waals surface area contributed by atoms with Crippen LogP contribution in [0.25, 0.3) is 0 Å². The quantitative estimate of drug-likeness (QED) is 0.812. The van der Waals surface area contributed by atoms with Gasteiger partial charge in [0.25, 0.3) is 0 Å². The van der Waals surface area contributed by atoms with Gasteiger partial charge in [-0.1, -0.05) is 6.92 Å². The molecular formula is C14H26N2O. The summed E-state index contributed by atoms with van der Waals surface area (Å²) in [5, 5.41) is 3.40. The topological polar surface area (TPSA) is 32.3 Å². The molecule has 17 heavy (non-hydrogen) atoms. The SMILES string of the molecule is CCC1(C(=O)N(C)C(C)C2CC2)CCCNC1. The van der Waals surface area contributed by atoms with Gasteiger partial charge in [0.05, 0.1) is 5.41 Å². The van der Waals surface area contributed by atoms with Gasteiger partial charge in [0.2, 0.25) is 5.91 Å². The molecule has 1 aliphatic heterocycles. The van der Waals surface area contributed by atoms with Crippen molar-refractivity contribution >= 4 is 5.91 Å². The number of nitrogens with one attached hydrogen (secondary N) is 1. The Balaban J connectivity index is 2.04. The molecule has 1 aliphatic carbocycles.